The van der Waals surface area contributed by atoms with Gasteiger partial charge in [0.05, 0.1) is 11.4 Å². The zero-order chi connectivity index (χ0) is 45.4. The van der Waals surface area contributed by atoms with Gasteiger partial charge in [0.15, 0.2) is 0 Å². The van der Waals surface area contributed by atoms with Crippen LogP contribution in [0.25, 0.3) is 44.5 Å². The highest BCUT2D eigenvalue weighted by Crippen LogP contribution is 2.45. The topological polar surface area (TPSA) is 26.7 Å². The van der Waals surface area contributed by atoms with Gasteiger partial charge in [0, 0.05) is 34.9 Å². The molecule has 320 valence electrons. The van der Waals surface area contributed by atoms with Gasteiger partial charge in [-0.15, -0.1) is 0 Å². The Morgan fingerprint density at radius 1 is 0.246 bits per heavy atom. The summed E-state index contributed by atoms with van der Waals surface area (Å²) in [6, 6.07) is 67.1. The molecule has 0 aliphatic carbocycles. The molecule has 0 aromatic heterocycles. The summed E-state index contributed by atoms with van der Waals surface area (Å²) in [5, 5.41) is 11.8. The van der Waals surface area contributed by atoms with Crippen molar-refractivity contribution in [2.24, 2.45) is 0 Å². The molecule has 0 aliphatic rings. The molecule has 0 bridgehead atoms. The standard InChI is InChI=1S/C62H56N2O/c1-40-13-9-14-41(2)59(40)48-21-29-52(30-22-48)63(53-31-23-49(24-32-53)60-42(3)15-10-16-43(60)4)56-37-57(39-58(65)38-56)64(54-33-25-50(26-34-54)61-44(5)17-11-18-45(61)6)55-35-27-51(28-36-55)62-46(7)19-12-20-47(62)8/h9-39,65H,1-8H3. The average Bonchev–Trinajstić information content (AvgIpc) is 3.28. The zero-order valence-electron chi connectivity index (χ0n) is 38.7. The number of rotatable bonds is 10. The number of nitrogens with zero attached hydrogens (tertiary/aromatic N) is 2. The van der Waals surface area contributed by atoms with Crippen LogP contribution in [0.1, 0.15) is 44.5 Å². The van der Waals surface area contributed by atoms with Gasteiger partial charge in [-0.1, -0.05) is 121 Å². The SMILES string of the molecule is Cc1cccc(C)c1-c1ccc(N(c2ccc(-c3c(C)cccc3C)cc2)c2cc(O)cc(N(c3ccc(-c4c(C)cccc4C)cc3)c3ccc(-c4c(C)cccc4C)cc3)c2)cc1. The summed E-state index contributed by atoms with van der Waals surface area (Å²) in [4.78, 5) is 4.50. The highest BCUT2D eigenvalue weighted by molar-refractivity contribution is 5.87. The number of hydrogen-bond donors (Lipinski definition) is 1. The van der Waals surface area contributed by atoms with E-state index in [1.54, 1.807) is 0 Å². The molecule has 9 aromatic rings. The van der Waals surface area contributed by atoms with Crippen LogP contribution in [0.2, 0.25) is 0 Å². The zero-order valence-corrected chi connectivity index (χ0v) is 38.7. The van der Waals surface area contributed by atoms with E-state index in [1.165, 1.54) is 89.0 Å². The van der Waals surface area contributed by atoms with E-state index in [1.807, 2.05) is 12.1 Å². The maximum absolute atomic E-state index is 11.8. The van der Waals surface area contributed by atoms with E-state index in [4.69, 9.17) is 0 Å². The molecule has 3 nitrogen and oxygen atoms in total. The third kappa shape index (κ3) is 8.46. The number of aryl methyl sites for hydroxylation is 8. The monoisotopic (exact) mass is 844 g/mol. The van der Waals surface area contributed by atoms with Gasteiger partial charge in [0.2, 0.25) is 0 Å². The predicted octanol–water partition coefficient (Wildman–Crippen LogP) is 17.5. The molecule has 9 rings (SSSR count). The summed E-state index contributed by atoms with van der Waals surface area (Å²) >= 11 is 0. The molecule has 0 aliphatic heterocycles. The molecule has 65 heavy (non-hydrogen) atoms. The summed E-state index contributed by atoms with van der Waals surface area (Å²) in [5.74, 6) is 0.172. The van der Waals surface area contributed by atoms with Crippen LogP contribution < -0.4 is 9.80 Å². The van der Waals surface area contributed by atoms with Gasteiger partial charge in [-0.3, -0.25) is 0 Å². The Morgan fingerprint density at radius 3 is 0.646 bits per heavy atom. The lowest BCUT2D eigenvalue weighted by Crippen LogP contribution is -2.13. The second kappa shape index (κ2) is 17.9. The van der Waals surface area contributed by atoms with Gasteiger partial charge in [-0.05, 0) is 199 Å². The summed E-state index contributed by atoms with van der Waals surface area (Å²) in [5.41, 5.74) is 25.3. The molecule has 1 N–H and O–H groups in total. The molecule has 0 unspecified atom stereocenters. The van der Waals surface area contributed by atoms with E-state index < -0.39 is 0 Å². The number of hydrogen-bond acceptors (Lipinski definition) is 3. The van der Waals surface area contributed by atoms with Crippen molar-refractivity contribution in [1.29, 1.82) is 0 Å². The largest absolute Gasteiger partial charge is 0.508 e. The molecule has 0 saturated heterocycles. The van der Waals surface area contributed by atoms with Crippen molar-refractivity contribution in [2.45, 2.75) is 55.4 Å². The lowest BCUT2D eigenvalue weighted by atomic mass is 9.95. The number of phenolic OH excluding ortho intramolecular Hbond substituents is 1. The van der Waals surface area contributed by atoms with Crippen LogP contribution in [0.3, 0.4) is 0 Å². The molecule has 0 spiro atoms. The van der Waals surface area contributed by atoms with Gasteiger partial charge in [0.25, 0.3) is 0 Å². The Hall–Kier alpha value is -7.62. The van der Waals surface area contributed by atoms with Gasteiger partial charge in [-0.2, -0.15) is 0 Å². The molecule has 9 aromatic carbocycles. The molecular formula is C62H56N2O. The second-order valence-corrected chi connectivity index (χ2v) is 17.6. The van der Waals surface area contributed by atoms with Gasteiger partial charge >= 0.3 is 0 Å². The lowest BCUT2D eigenvalue weighted by molar-refractivity contribution is 0.475. The Labute approximate surface area is 385 Å². The Balaban J connectivity index is 1.20. The maximum atomic E-state index is 11.8. The fourth-order valence-electron chi connectivity index (χ4n) is 9.92. The van der Waals surface area contributed by atoms with Crippen molar-refractivity contribution >= 4 is 34.1 Å². The summed E-state index contributed by atoms with van der Waals surface area (Å²) in [6.45, 7) is 17.4. The van der Waals surface area contributed by atoms with E-state index in [2.05, 4.69) is 241 Å². The molecule has 0 amide bonds. The lowest BCUT2D eigenvalue weighted by Gasteiger charge is -2.30. The van der Waals surface area contributed by atoms with E-state index >= 15 is 0 Å². The summed E-state index contributed by atoms with van der Waals surface area (Å²) < 4.78 is 0. The Bertz CT molecular complexity index is 2680. The first-order valence-electron chi connectivity index (χ1n) is 22.6. The van der Waals surface area contributed by atoms with Gasteiger partial charge in [-0.25, -0.2) is 0 Å². The average molecular weight is 845 g/mol. The van der Waals surface area contributed by atoms with E-state index in [-0.39, 0.29) is 5.75 Å². The molecule has 0 saturated carbocycles. The Kier molecular flexibility index (Phi) is 11.7. The number of benzene rings is 9. The third-order valence-electron chi connectivity index (χ3n) is 13.0. The fraction of sp³-hybridized carbons (Fsp3) is 0.129. The normalized spacial score (nSPS) is 11.1. The molecule has 0 heterocycles. The minimum atomic E-state index is 0.172. The highest BCUT2D eigenvalue weighted by atomic mass is 16.3. The minimum Gasteiger partial charge on any atom is -0.508 e. The van der Waals surface area contributed by atoms with Crippen LogP contribution >= 0.6 is 0 Å². The fourth-order valence-corrected chi connectivity index (χ4v) is 9.92. The number of anilines is 6. The second-order valence-electron chi connectivity index (χ2n) is 17.6. The predicted molar refractivity (Wildman–Crippen MR) is 277 cm³/mol. The molecular weight excluding hydrogens is 789 g/mol. The number of aromatic hydroxyl groups is 1. The first-order valence-corrected chi connectivity index (χ1v) is 22.6. The number of phenols is 1. The molecule has 0 atom stereocenters. The van der Waals surface area contributed by atoms with Gasteiger partial charge < -0.3 is 14.9 Å². The van der Waals surface area contributed by atoms with Gasteiger partial charge in [0.1, 0.15) is 5.75 Å². The van der Waals surface area contributed by atoms with Crippen LogP contribution in [-0.2, 0) is 0 Å². The van der Waals surface area contributed by atoms with Crippen molar-refractivity contribution in [3.05, 3.63) is 233 Å². The van der Waals surface area contributed by atoms with Crippen LogP contribution in [0.5, 0.6) is 5.75 Å². The van der Waals surface area contributed by atoms with Crippen molar-refractivity contribution in [1.82, 2.24) is 0 Å². The highest BCUT2D eigenvalue weighted by Gasteiger charge is 2.21. The van der Waals surface area contributed by atoms with Crippen LogP contribution in [0.15, 0.2) is 188 Å². The first-order chi connectivity index (χ1) is 31.4. The van der Waals surface area contributed by atoms with E-state index in [0.29, 0.717) is 0 Å². The molecule has 0 radical (unpaired) electrons. The van der Waals surface area contributed by atoms with Crippen molar-refractivity contribution < 1.29 is 5.11 Å². The van der Waals surface area contributed by atoms with Crippen molar-refractivity contribution in [3.8, 4) is 50.3 Å². The quantitative estimate of drug-likeness (QED) is 0.149. The Morgan fingerprint density at radius 2 is 0.446 bits per heavy atom. The maximum Gasteiger partial charge on any atom is 0.119 e. The van der Waals surface area contributed by atoms with Crippen molar-refractivity contribution in [3.63, 3.8) is 0 Å². The first kappa shape index (κ1) is 42.7. The summed E-state index contributed by atoms with van der Waals surface area (Å²) in [7, 11) is 0. The van der Waals surface area contributed by atoms with Crippen LogP contribution in [0.4, 0.5) is 34.1 Å². The van der Waals surface area contributed by atoms with Crippen LogP contribution in [0, 0.1) is 55.4 Å². The van der Waals surface area contributed by atoms with E-state index in [0.717, 1.165) is 34.1 Å². The third-order valence-corrected chi connectivity index (χ3v) is 13.0. The summed E-state index contributed by atoms with van der Waals surface area (Å²) in [6.07, 6.45) is 0. The van der Waals surface area contributed by atoms with Crippen LogP contribution in [-0.4, -0.2) is 5.11 Å². The van der Waals surface area contributed by atoms with Crippen molar-refractivity contribution in [2.75, 3.05) is 9.80 Å². The molecule has 3 heteroatoms. The minimum absolute atomic E-state index is 0.172. The smallest absolute Gasteiger partial charge is 0.119 e. The van der Waals surface area contributed by atoms with E-state index in [9.17, 15) is 5.11 Å². The molecule has 0 fully saturated rings.